The SMILES string of the molecule is CCC(N1CCN(S(=O)(=O)c2ccc(C(C)(O)C(F)(F)F)cc2)CC1)C1(C(N)=O)CCC1. The first-order valence-electron chi connectivity index (χ1n) is 10.7. The molecule has 0 aromatic heterocycles. The second-order valence-corrected chi connectivity index (χ2v) is 10.8. The van der Waals surface area contributed by atoms with Crippen LogP contribution in [0.3, 0.4) is 0 Å². The van der Waals surface area contributed by atoms with Crippen molar-refractivity contribution < 1.29 is 31.5 Å². The number of alkyl halides is 3. The van der Waals surface area contributed by atoms with E-state index in [2.05, 4.69) is 4.90 Å². The normalized spacial score (nSPS) is 23.2. The van der Waals surface area contributed by atoms with Crippen molar-refractivity contribution in [3.63, 3.8) is 0 Å². The summed E-state index contributed by atoms with van der Waals surface area (Å²) in [7, 11) is -3.91. The number of carbonyl (C=O) groups excluding carboxylic acids is 1. The highest BCUT2D eigenvalue weighted by Crippen LogP contribution is 2.47. The molecule has 1 aromatic carbocycles. The maximum atomic E-state index is 13.0. The van der Waals surface area contributed by atoms with Gasteiger partial charge in [-0.1, -0.05) is 25.5 Å². The van der Waals surface area contributed by atoms with Gasteiger partial charge >= 0.3 is 6.18 Å². The zero-order chi connectivity index (χ0) is 23.9. The number of aliphatic hydroxyl groups is 1. The lowest BCUT2D eigenvalue weighted by Crippen LogP contribution is -2.61. The van der Waals surface area contributed by atoms with Gasteiger partial charge in [-0.3, -0.25) is 9.69 Å². The van der Waals surface area contributed by atoms with Gasteiger partial charge in [0.05, 0.1) is 10.3 Å². The Morgan fingerprint density at radius 3 is 2.06 bits per heavy atom. The Hall–Kier alpha value is -1.69. The molecule has 0 spiro atoms. The highest BCUT2D eigenvalue weighted by molar-refractivity contribution is 7.89. The van der Waals surface area contributed by atoms with Crippen LogP contribution in [0, 0.1) is 5.41 Å². The van der Waals surface area contributed by atoms with Crippen LogP contribution in [0.25, 0.3) is 0 Å². The number of nitrogens with two attached hydrogens (primary N) is 1. The number of halogens is 3. The van der Waals surface area contributed by atoms with Crippen molar-refractivity contribution in [3.05, 3.63) is 29.8 Å². The molecule has 2 aliphatic rings. The van der Waals surface area contributed by atoms with Crippen LogP contribution < -0.4 is 5.73 Å². The highest BCUT2D eigenvalue weighted by atomic mass is 32.2. The fraction of sp³-hybridized carbons (Fsp3) is 0.667. The van der Waals surface area contributed by atoms with Crippen LogP contribution in [0.5, 0.6) is 0 Å². The summed E-state index contributed by atoms with van der Waals surface area (Å²) in [5.74, 6) is -0.305. The summed E-state index contributed by atoms with van der Waals surface area (Å²) in [6.07, 6.45) is -1.72. The van der Waals surface area contributed by atoms with Gasteiger partial charge in [0.15, 0.2) is 5.60 Å². The minimum absolute atomic E-state index is 0.0394. The first-order chi connectivity index (χ1) is 14.8. The Balaban J connectivity index is 1.72. The van der Waals surface area contributed by atoms with Crippen molar-refractivity contribution in [1.29, 1.82) is 0 Å². The number of primary amides is 1. The van der Waals surface area contributed by atoms with Gasteiger partial charge in [0, 0.05) is 32.2 Å². The third-order valence-electron chi connectivity index (χ3n) is 7.08. The molecule has 2 atom stereocenters. The first kappa shape index (κ1) is 24.9. The van der Waals surface area contributed by atoms with Crippen LogP contribution in [0.1, 0.15) is 45.1 Å². The van der Waals surface area contributed by atoms with Crippen LogP contribution in [0.4, 0.5) is 13.2 Å². The van der Waals surface area contributed by atoms with Gasteiger partial charge in [0.2, 0.25) is 15.9 Å². The Morgan fingerprint density at radius 1 is 1.16 bits per heavy atom. The fourth-order valence-electron chi connectivity index (χ4n) is 4.82. The Labute approximate surface area is 186 Å². The van der Waals surface area contributed by atoms with E-state index in [-0.39, 0.29) is 29.9 Å². The van der Waals surface area contributed by atoms with E-state index in [4.69, 9.17) is 5.73 Å². The summed E-state index contributed by atoms with van der Waals surface area (Å²) >= 11 is 0. The van der Waals surface area contributed by atoms with Crippen LogP contribution in [-0.2, 0) is 20.4 Å². The zero-order valence-corrected chi connectivity index (χ0v) is 19.0. The van der Waals surface area contributed by atoms with E-state index in [0.29, 0.717) is 20.0 Å². The van der Waals surface area contributed by atoms with Gasteiger partial charge < -0.3 is 10.8 Å². The largest absolute Gasteiger partial charge is 0.421 e. The molecule has 11 heteroatoms. The minimum atomic E-state index is -4.89. The second-order valence-electron chi connectivity index (χ2n) is 8.83. The van der Waals surface area contributed by atoms with Crippen molar-refractivity contribution in [3.8, 4) is 0 Å². The van der Waals surface area contributed by atoms with E-state index in [9.17, 15) is 31.5 Å². The lowest BCUT2D eigenvalue weighted by atomic mass is 9.62. The standard InChI is InChI=1S/C21H30F3N3O4S/c1-3-17(20(18(25)28)9-4-10-20)26-11-13-27(14-12-26)32(30,31)16-7-5-15(6-8-16)19(2,29)21(22,23)24/h5-8,17,29H,3-4,9-14H2,1-2H3,(H2,25,28). The summed E-state index contributed by atoms with van der Waals surface area (Å²) in [5, 5.41) is 9.78. The summed E-state index contributed by atoms with van der Waals surface area (Å²) < 4.78 is 66.4. The molecule has 1 aliphatic carbocycles. The van der Waals surface area contributed by atoms with E-state index in [1.54, 1.807) is 0 Å². The van der Waals surface area contributed by atoms with Crippen LogP contribution >= 0.6 is 0 Å². The van der Waals surface area contributed by atoms with Gasteiger partial charge in [-0.05, 0) is 43.9 Å². The number of rotatable bonds is 7. The van der Waals surface area contributed by atoms with Gasteiger partial charge in [0.1, 0.15) is 0 Å². The summed E-state index contributed by atoms with van der Waals surface area (Å²) in [5.41, 5.74) is 1.63. The summed E-state index contributed by atoms with van der Waals surface area (Å²) in [6, 6.07) is 4.10. The molecule has 32 heavy (non-hydrogen) atoms. The Bertz CT molecular complexity index is 936. The van der Waals surface area contributed by atoms with E-state index in [1.165, 1.54) is 4.31 Å². The van der Waals surface area contributed by atoms with Gasteiger partial charge in [0.25, 0.3) is 0 Å². The molecule has 0 radical (unpaired) electrons. The smallest absolute Gasteiger partial charge is 0.376 e. The van der Waals surface area contributed by atoms with E-state index < -0.39 is 32.8 Å². The number of benzene rings is 1. The number of amides is 1. The van der Waals surface area contributed by atoms with Crippen LogP contribution in [0.15, 0.2) is 29.2 Å². The van der Waals surface area contributed by atoms with Gasteiger partial charge in [-0.25, -0.2) is 8.42 Å². The molecule has 1 saturated carbocycles. The molecule has 0 bridgehead atoms. The topological polar surface area (TPSA) is 104 Å². The molecule has 3 N–H and O–H groups in total. The molecule has 2 fully saturated rings. The van der Waals surface area contributed by atoms with E-state index >= 15 is 0 Å². The summed E-state index contributed by atoms with van der Waals surface area (Å²) in [4.78, 5) is 14.1. The molecule has 3 rings (SSSR count). The number of piperazine rings is 1. The maximum Gasteiger partial charge on any atom is 0.421 e. The van der Waals surface area contributed by atoms with Crippen molar-refractivity contribution in [2.45, 2.75) is 62.2 Å². The fourth-order valence-corrected chi connectivity index (χ4v) is 6.24. The van der Waals surface area contributed by atoms with Crippen molar-refractivity contribution in [2.75, 3.05) is 26.2 Å². The molecule has 1 amide bonds. The van der Waals surface area contributed by atoms with E-state index in [0.717, 1.165) is 49.9 Å². The van der Waals surface area contributed by atoms with Crippen molar-refractivity contribution in [2.24, 2.45) is 11.1 Å². The molecular formula is C21H30F3N3O4S. The predicted octanol–water partition coefficient (Wildman–Crippen LogP) is 2.20. The highest BCUT2D eigenvalue weighted by Gasteiger charge is 2.52. The van der Waals surface area contributed by atoms with Crippen LogP contribution in [0.2, 0.25) is 0 Å². The molecule has 1 heterocycles. The number of carbonyl (C=O) groups is 1. The molecule has 1 aliphatic heterocycles. The molecular weight excluding hydrogens is 447 g/mol. The van der Waals surface area contributed by atoms with Crippen molar-refractivity contribution >= 4 is 15.9 Å². The number of nitrogens with zero attached hydrogens (tertiary/aromatic N) is 2. The Kier molecular flexibility index (Phi) is 6.69. The lowest BCUT2D eigenvalue weighted by molar-refractivity contribution is -0.258. The number of sulfonamides is 1. The molecule has 180 valence electrons. The Morgan fingerprint density at radius 2 is 1.69 bits per heavy atom. The van der Waals surface area contributed by atoms with Gasteiger partial charge in [-0.15, -0.1) is 0 Å². The molecule has 7 nitrogen and oxygen atoms in total. The molecule has 2 unspecified atom stereocenters. The summed E-state index contributed by atoms with van der Waals surface area (Å²) in [6.45, 7) is 3.90. The number of hydrogen-bond acceptors (Lipinski definition) is 5. The average Bonchev–Trinajstić information content (AvgIpc) is 2.69. The zero-order valence-electron chi connectivity index (χ0n) is 18.2. The number of hydrogen-bond donors (Lipinski definition) is 2. The third-order valence-corrected chi connectivity index (χ3v) is 8.99. The van der Waals surface area contributed by atoms with Crippen molar-refractivity contribution in [1.82, 2.24) is 9.21 Å². The lowest BCUT2D eigenvalue weighted by Gasteiger charge is -2.51. The van der Waals surface area contributed by atoms with Gasteiger partial charge in [-0.2, -0.15) is 17.5 Å². The first-order valence-corrected chi connectivity index (χ1v) is 12.1. The average molecular weight is 478 g/mol. The monoisotopic (exact) mass is 477 g/mol. The second kappa shape index (κ2) is 8.58. The maximum absolute atomic E-state index is 13.0. The minimum Gasteiger partial charge on any atom is -0.376 e. The molecule has 1 aromatic rings. The van der Waals surface area contributed by atoms with E-state index in [1.807, 2.05) is 6.92 Å². The third kappa shape index (κ3) is 4.15. The predicted molar refractivity (Wildman–Crippen MR) is 112 cm³/mol. The molecule has 1 saturated heterocycles. The van der Waals surface area contributed by atoms with Crippen LogP contribution in [-0.4, -0.2) is 67.0 Å². The quantitative estimate of drug-likeness (QED) is 0.627.